The van der Waals surface area contributed by atoms with E-state index in [9.17, 15) is 0 Å². The van der Waals surface area contributed by atoms with Crippen LogP contribution < -0.4 is 20.1 Å². The Balaban J connectivity index is 1.47. The molecule has 0 aromatic heterocycles. The molecule has 2 N–H and O–H groups in total. The second-order valence-corrected chi connectivity index (χ2v) is 8.28. The molecule has 1 aliphatic carbocycles. The molecular formula is C24H39N3O4. The summed E-state index contributed by atoms with van der Waals surface area (Å²) in [6, 6.07) is 6.01. The minimum Gasteiger partial charge on any atom is -0.497 e. The summed E-state index contributed by atoms with van der Waals surface area (Å²) in [4.78, 5) is 4.77. The highest BCUT2D eigenvalue weighted by Crippen LogP contribution is 2.30. The molecule has 1 aromatic carbocycles. The second kappa shape index (κ2) is 13.4. The van der Waals surface area contributed by atoms with Gasteiger partial charge in [-0.2, -0.15) is 0 Å². The molecule has 1 aliphatic heterocycles. The molecule has 1 aromatic rings. The van der Waals surface area contributed by atoms with E-state index in [0.717, 1.165) is 88.2 Å². The molecule has 0 bridgehead atoms. The summed E-state index contributed by atoms with van der Waals surface area (Å²) >= 11 is 0. The first-order valence-corrected chi connectivity index (χ1v) is 11.8. The topological polar surface area (TPSA) is 73.3 Å². The van der Waals surface area contributed by atoms with Gasteiger partial charge in [-0.25, -0.2) is 4.99 Å². The number of rotatable bonds is 12. The minimum absolute atomic E-state index is 0.303. The Morgan fingerprint density at radius 1 is 1.19 bits per heavy atom. The molecule has 7 nitrogen and oxygen atoms in total. The van der Waals surface area contributed by atoms with Crippen LogP contribution in [0.5, 0.6) is 11.5 Å². The van der Waals surface area contributed by atoms with E-state index in [-0.39, 0.29) is 0 Å². The lowest BCUT2D eigenvalue weighted by Crippen LogP contribution is -2.38. The number of nitrogens with one attached hydrogen (secondary N) is 2. The summed E-state index contributed by atoms with van der Waals surface area (Å²) in [5, 5.41) is 6.72. The summed E-state index contributed by atoms with van der Waals surface area (Å²) in [6.45, 7) is 7.54. The number of methoxy groups -OCH3 is 1. The Morgan fingerprint density at radius 2 is 2.06 bits per heavy atom. The zero-order chi connectivity index (χ0) is 21.7. The fourth-order valence-electron chi connectivity index (χ4n) is 3.94. The second-order valence-electron chi connectivity index (χ2n) is 8.28. The predicted octanol–water partition coefficient (Wildman–Crippen LogP) is 3.51. The molecule has 31 heavy (non-hydrogen) atoms. The lowest BCUT2D eigenvalue weighted by molar-refractivity contribution is 0.0888. The Morgan fingerprint density at radius 3 is 2.81 bits per heavy atom. The number of hydrogen-bond acceptors (Lipinski definition) is 5. The fraction of sp³-hybridized carbons (Fsp3) is 0.708. The van der Waals surface area contributed by atoms with Crippen molar-refractivity contribution >= 4 is 5.96 Å². The van der Waals surface area contributed by atoms with Crippen LogP contribution >= 0.6 is 0 Å². The lowest BCUT2D eigenvalue weighted by atomic mass is 10.1. The van der Waals surface area contributed by atoms with Crippen LogP contribution in [-0.4, -0.2) is 58.7 Å². The number of ether oxygens (including phenoxy) is 4. The number of aliphatic imine (C=N–C) groups is 1. The third-order valence-corrected chi connectivity index (χ3v) is 5.76. The zero-order valence-corrected chi connectivity index (χ0v) is 19.2. The summed E-state index contributed by atoms with van der Waals surface area (Å²) < 4.78 is 22.9. The van der Waals surface area contributed by atoms with Gasteiger partial charge in [0, 0.05) is 43.9 Å². The lowest BCUT2D eigenvalue weighted by Gasteiger charge is -2.17. The van der Waals surface area contributed by atoms with Crippen molar-refractivity contribution in [2.75, 3.05) is 46.6 Å². The molecule has 2 aliphatic rings. The van der Waals surface area contributed by atoms with Gasteiger partial charge in [0.15, 0.2) is 5.96 Å². The Kier molecular flexibility index (Phi) is 10.3. The SMILES string of the molecule is CCNC(=NCc1ccc(OC)cc1OC1CCCC1)NCCCOCC1CCOC1. The third-order valence-electron chi connectivity index (χ3n) is 5.76. The van der Waals surface area contributed by atoms with E-state index in [4.69, 9.17) is 23.9 Å². The first kappa shape index (κ1) is 23.7. The van der Waals surface area contributed by atoms with Crippen molar-refractivity contribution in [2.24, 2.45) is 10.9 Å². The standard InChI is InChI=1S/C24H39N3O4/c1-3-25-24(26-12-6-13-29-17-19-11-14-30-18-19)27-16-20-9-10-22(28-2)15-23(20)31-21-7-4-5-8-21/h9-10,15,19,21H,3-8,11-14,16-18H2,1-2H3,(H2,25,26,27). The summed E-state index contributed by atoms with van der Waals surface area (Å²) in [6.07, 6.45) is 7.10. The van der Waals surface area contributed by atoms with E-state index < -0.39 is 0 Å². The van der Waals surface area contributed by atoms with Gasteiger partial charge in [0.2, 0.25) is 0 Å². The van der Waals surface area contributed by atoms with Crippen LogP contribution in [0.1, 0.15) is 51.0 Å². The molecule has 0 spiro atoms. The Labute approximate surface area is 186 Å². The quantitative estimate of drug-likeness (QED) is 0.299. The van der Waals surface area contributed by atoms with E-state index in [0.29, 0.717) is 18.6 Å². The monoisotopic (exact) mass is 433 g/mol. The average molecular weight is 434 g/mol. The zero-order valence-electron chi connectivity index (χ0n) is 19.2. The number of nitrogens with zero attached hydrogens (tertiary/aromatic N) is 1. The van der Waals surface area contributed by atoms with Crippen molar-refractivity contribution in [3.05, 3.63) is 23.8 Å². The Hall–Kier alpha value is -1.99. The Bertz CT molecular complexity index is 671. The van der Waals surface area contributed by atoms with Gasteiger partial charge in [-0.15, -0.1) is 0 Å². The smallest absolute Gasteiger partial charge is 0.191 e. The van der Waals surface area contributed by atoms with Gasteiger partial charge in [-0.3, -0.25) is 0 Å². The molecule has 0 radical (unpaired) electrons. The molecule has 1 saturated carbocycles. The highest BCUT2D eigenvalue weighted by Gasteiger charge is 2.18. The van der Waals surface area contributed by atoms with Crippen molar-refractivity contribution in [3.8, 4) is 11.5 Å². The average Bonchev–Trinajstić information content (AvgIpc) is 3.49. The maximum Gasteiger partial charge on any atom is 0.191 e. The fourth-order valence-corrected chi connectivity index (χ4v) is 3.94. The van der Waals surface area contributed by atoms with Crippen molar-refractivity contribution in [2.45, 2.75) is 58.1 Å². The first-order chi connectivity index (χ1) is 15.3. The molecular weight excluding hydrogens is 394 g/mol. The minimum atomic E-state index is 0.303. The highest BCUT2D eigenvalue weighted by atomic mass is 16.5. The molecule has 1 heterocycles. The molecule has 3 rings (SSSR count). The molecule has 1 saturated heterocycles. The predicted molar refractivity (Wildman–Crippen MR) is 123 cm³/mol. The number of guanidine groups is 1. The van der Waals surface area contributed by atoms with Gasteiger partial charge in [0.05, 0.1) is 33.0 Å². The van der Waals surface area contributed by atoms with Crippen LogP contribution in [0.3, 0.4) is 0 Å². The van der Waals surface area contributed by atoms with Gasteiger partial charge in [0.1, 0.15) is 11.5 Å². The maximum absolute atomic E-state index is 6.29. The van der Waals surface area contributed by atoms with E-state index in [2.05, 4.69) is 23.6 Å². The van der Waals surface area contributed by atoms with Crippen LogP contribution in [0.25, 0.3) is 0 Å². The number of benzene rings is 1. The normalized spacial score (nSPS) is 19.5. The van der Waals surface area contributed by atoms with E-state index >= 15 is 0 Å². The van der Waals surface area contributed by atoms with Crippen LogP contribution in [-0.2, 0) is 16.0 Å². The van der Waals surface area contributed by atoms with E-state index in [1.54, 1.807) is 7.11 Å². The molecule has 1 atom stereocenters. The molecule has 1 unspecified atom stereocenters. The van der Waals surface area contributed by atoms with Crippen molar-refractivity contribution in [3.63, 3.8) is 0 Å². The van der Waals surface area contributed by atoms with Gasteiger partial charge >= 0.3 is 0 Å². The van der Waals surface area contributed by atoms with Crippen LogP contribution in [0.4, 0.5) is 0 Å². The van der Waals surface area contributed by atoms with Gasteiger partial charge < -0.3 is 29.6 Å². The summed E-state index contributed by atoms with van der Waals surface area (Å²) in [7, 11) is 1.69. The van der Waals surface area contributed by atoms with Gasteiger partial charge in [0.25, 0.3) is 0 Å². The summed E-state index contributed by atoms with van der Waals surface area (Å²) in [5.74, 6) is 3.08. The van der Waals surface area contributed by atoms with Crippen LogP contribution in [0.15, 0.2) is 23.2 Å². The summed E-state index contributed by atoms with van der Waals surface area (Å²) in [5.41, 5.74) is 1.08. The van der Waals surface area contributed by atoms with E-state index in [1.807, 2.05) is 12.1 Å². The number of hydrogen-bond donors (Lipinski definition) is 2. The highest BCUT2D eigenvalue weighted by molar-refractivity contribution is 5.79. The third kappa shape index (κ3) is 8.22. The van der Waals surface area contributed by atoms with E-state index in [1.165, 1.54) is 12.8 Å². The molecule has 7 heteroatoms. The maximum atomic E-state index is 6.29. The molecule has 2 fully saturated rings. The van der Waals surface area contributed by atoms with Crippen LogP contribution in [0, 0.1) is 5.92 Å². The van der Waals surface area contributed by atoms with Gasteiger partial charge in [-0.1, -0.05) is 0 Å². The van der Waals surface area contributed by atoms with Gasteiger partial charge in [-0.05, 0) is 57.6 Å². The first-order valence-electron chi connectivity index (χ1n) is 11.8. The van der Waals surface area contributed by atoms with Crippen LogP contribution in [0.2, 0.25) is 0 Å². The molecule has 0 amide bonds. The van der Waals surface area contributed by atoms with Crippen molar-refractivity contribution < 1.29 is 18.9 Å². The van der Waals surface area contributed by atoms with Crippen molar-refractivity contribution in [1.29, 1.82) is 0 Å². The van der Waals surface area contributed by atoms with Crippen molar-refractivity contribution in [1.82, 2.24) is 10.6 Å². The largest absolute Gasteiger partial charge is 0.497 e. The molecule has 174 valence electrons.